The van der Waals surface area contributed by atoms with Gasteiger partial charge in [-0.25, -0.2) is 0 Å². The summed E-state index contributed by atoms with van der Waals surface area (Å²) in [5, 5.41) is 3.40. The van der Waals surface area contributed by atoms with Gasteiger partial charge in [0.25, 0.3) is 0 Å². The number of nitrogens with one attached hydrogen (secondary N) is 1. The summed E-state index contributed by atoms with van der Waals surface area (Å²) < 4.78 is 37.5. The zero-order valence-electron chi connectivity index (χ0n) is 11.0. The van der Waals surface area contributed by atoms with E-state index in [0.717, 1.165) is 32.2 Å². The highest BCUT2D eigenvalue weighted by Gasteiger charge is 2.39. The Morgan fingerprint density at radius 3 is 2.39 bits per heavy atom. The normalized spacial score (nSPS) is 22.5. The van der Waals surface area contributed by atoms with Crippen LogP contribution in [-0.2, 0) is 0 Å². The SMILES string of the molecule is CC(CCCNC1CC1)N(CC(F)(F)F)C1CC1. The van der Waals surface area contributed by atoms with Gasteiger partial charge in [0.15, 0.2) is 0 Å². The number of halogens is 3. The molecule has 0 heterocycles. The van der Waals surface area contributed by atoms with Crippen LogP contribution < -0.4 is 5.32 Å². The van der Waals surface area contributed by atoms with Gasteiger partial charge in [-0.1, -0.05) is 0 Å². The van der Waals surface area contributed by atoms with Gasteiger partial charge < -0.3 is 5.32 Å². The Hall–Kier alpha value is -0.290. The minimum atomic E-state index is -4.07. The Morgan fingerprint density at radius 2 is 1.89 bits per heavy atom. The molecular formula is C13H23F3N2. The minimum Gasteiger partial charge on any atom is -0.314 e. The molecule has 0 saturated heterocycles. The summed E-state index contributed by atoms with van der Waals surface area (Å²) in [5.41, 5.74) is 0. The topological polar surface area (TPSA) is 15.3 Å². The average molecular weight is 264 g/mol. The van der Waals surface area contributed by atoms with Gasteiger partial charge in [0.2, 0.25) is 0 Å². The first-order valence-corrected chi connectivity index (χ1v) is 7.01. The first-order valence-electron chi connectivity index (χ1n) is 7.01. The average Bonchev–Trinajstić information content (AvgIpc) is 3.13. The summed E-state index contributed by atoms with van der Waals surface area (Å²) in [5.74, 6) is 0. The molecule has 0 aliphatic heterocycles. The molecule has 0 aromatic rings. The van der Waals surface area contributed by atoms with Crippen LogP contribution in [0.15, 0.2) is 0 Å². The molecule has 2 aliphatic rings. The summed E-state index contributed by atoms with van der Waals surface area (Å²) in [7, 11) is 0. The predicted molar refractivity (Wildman–Crippen MR) is 65.5 cm³/mol. The molecule has 0 amide bonds. The zero-order chi connectivity index (χ0) is 13.2. The van der Waals surface area contributed by atoms with Crippen molar-refractivity contribution < 1.29 is 13.2 Å². The van der Waals surface area contributed by atoms with Gasteiger partial charge in [-0.3, -0.25) is 4.90 Å². The van der Waals surface area contributed by atoms with Crippen LogP contribution in [0.3, 0.4) is 0 Å². The van der Waals surface area contributed by atoms with Crippen molar-refractivity contribution in [3.63, 3.8) is 0 Å². The molecule has 0 aromatic heterocycles. The molecule has 0 radical (unpaired) electrons. The highest BCUT2D eigenvalue weighted by atomic mass is 19.4. The molecule has 2 rings (SSSR count). The molecule has 2 fully saturated rings. The van der Waals surface area contributed by atoms with E-state index in [4.69, 9.17) is 0 Å². The van der Waals surface area contributed by atoms with Gasteiger partial charge in [0.1, 0.15) is 0 Å². The van der Waals surface area contributed by atoms with Gasteiger partial charge in [-0.15, -0.1) is 0 Å². The number of hydrogen-bond acceptors (Lipinski definition) is 2. The van der Waals surface area contributed by atoms with E-state index in [1.54, 1.807) is 4.90 Å². The molecule has 106 valence electrons. The fraction of sp³-hybridized carbons (Fsp3) is 1.00. The van der Waals surface area contributed by atoms with E-state index < -0.39 is 12.7 Å². The minimum absolute atomic E-state index is 0.0418. The summed E-state index contributed by atoms with van der Waals surface area (Å²) in [6.45, 7) is 2.13. The Balaban J connectivity index is 1.67. The van der Waals surface area contributed by atoms with E-state index >= 15 is 0 Å². The predicted octanol–water partition coefficient (Wildman–Crippen LogP) is 2.93. The van der Waals surface area contributed by atoms with Crippen LogP contribution in [0.4, 0.5) is 13.2 Å². The van der Waals surface area contributed by atoms with E-state index in [9.17, 15) is 13.2 Å². The maximum Gasteiger partial charge on any atom is 0.401 e. The largest absolute Gasteiger partial charge is 0.401 e. The van der Waals surface area contributed by atoms with Crippen molar-refractivity contribution in [1.29, 1.82) is 0 Å². The lowest BCUT2D eigenvalue weighted by Crippen LogP contribution is -2.42. The maximum absolute atomic E-state index is 12.5. The third-order valence-corrected chi connectivity index (χ3v) is 3.75. The van der Waals surface area contributed by atoms with E-state index in [1.165, 1.54) is 12.8 Å². The lowest BCUT2D eigenvalue weighted by atomic mass is 10.1. The summed E-state index contributed by atoms with van der Waals surface area (Å²) in [6.07, 6.45) is 2.14. The molecule has 0 spiro atoms. The summed E-state index contributed by atoms with van der Waals surface area (Å²) in [4.78, 5) is 1.65. The smallest absolute Gasteiger partial charge is 0.314 e. The Morgan fingerprint density at radius 1 is 1.22 bits per heavy atom. The lowest BCUT2D eigenvalue weighted by Gasteiger charge is -2.30. The van der Waals surface area contributed by atoms with Crippen molar-refractivity contribution in [2.45, 2.75) is 69.8 Å². The maximum atomic E-state index is 12.5. The van der Waals surface area contributed by atoms with E-state index in [2.05, 4.69) is 5.32 Å². The molecule has 0 aromatic carbocycles. The van der Waals surface area contributed by atoms with Crippen molar-refractivity contribution in [3.05, 3.63) is 0 Å². The second-order valence-corrected chi connectivity index (χ2v) is 5.74. The van der Waals surface area contributed by atoms with Gasteiger partial charge in [-0.2, -0.15) is 13.2 Å². The molecule has 1 N–H and O–H groups in total. The quantitative estimate of drug-likeness (QED) is 0.678. The first-order chi connectivity index (χ1) is 8.46. The molecular weight excluding hydrogens is 241 g/mol. The van der Waals surface area contributed by atoms with Gasteiger partial charge in [-0.05, 0) is 52.0 Å². The molecule has 0 bridgehead atoms. The zero-order valence-corrected chi connectivity index (χ0v) is 11.0. The number of rotatable bonds is 8. The van der Waals surface area contributed by atoms with Gasteiger partial charge in [0.05, 0.1) is 6.54 Å². The molecule has 1 unspecified atom stereocenters. The van der Waals surface area contributed by atoms with Crippen molar-refractivity contribution in [1.82, 2.24) is 10.2 Å². The van der Waals surface area contributed by atoms with Gasteiger partial charge in [0, 0.05) is 18.1 Å². The monoisotopic (exact) mass is 264 g/mol. The van der Waals surface area contributed by atoms with E-state index in [0.29, 0.717) is 6.04 Å². The fourth-order valence-electron chi connectivity index (χ4n) is 2.41. The third-order valence-electron chi connectivity index (χ3n) is 3.75. The lowest BCUT2D eigenvalue weighted by molar-refractivity contribution is -0.152. The van der Waals surface area contributed by atoms with Crippen molar-refractivity contribution in [3.8, 4) is 0 Å². The summed E-state index contributed by atoms with van der Waals surface area (Å²) >= 11 is 0. The van der Waals surface area contributed by atoms with Crippen LogP contribution in [0.2, 0.25) is 0 Å². The first kappa shape index (κ1) is 14.1. The third kappa shape index (κ3) is 5.14. The van der Waals surface area contributed by atoms with Gasteiger partial charge >= 0.3 is 6.18 Å². The molecule has 1 atom stereocenters. The van der Waals surface area contributed by atoms with Crippen LogP contribution in [0.1, 0.15) is 45.4 Å². The van der Waals surface area contributed by atoms with Crippen LogP contribution in [0.5, 0.6) is 0 Å². The van der Waals surface area contributed by atoms with E-state index in [-0.39, 0.29) is 12.1 Å². The Bertz CT molecular complexity index is 259. The Kier molecular flexibility index (Phi) is 4.54. The van der Waals surface area contributed by atoms with E-state index in [1.807, 2.05) is 6.92 Å². The van der Waals surface area contributed by atoms with Crippen molar-refractivity contribution >= 4 is 0 Å². The molecule has 2 aliphatic carbocycles. The Labute approximate surface area is 107 Å². The standard InChI is InChI=1S/C13H23F3N2/c1-10(3-2-8-17-11-4-5-11)18(12-6-7-12)9-13(14,15)16/h10-12,17H,2-9H2,1H3. The summed E-state index contributed by atoms with van der Waals surface area (Å²) in [6, 6.07) is 0.910. The molecule has 2 saturated carbocycles. The fourth-order valence-corrected chi connectivity index (χ4v) is 2.41. The second kappa shape index (κ2) is 5.78. The van der Waals surface area contributed by atoms with Crippen LogP contribution >= 0.6 is 0 Å². The molecule has 5 heteroatoms. The van der Waals surface area contributed by atoms with Crippen LogP contribution in [-0.4, -0.2) is 42.3 Å². The number of alkyl halides is 3. The molecule has 2 nitrogen and oxygen atoms in total. The number of hydrogen-bond donors (Lipinski definition) is 1. The van der Waals surface area contributed by atoms with Crippen molar-refractivity contribution in [2.75, 3.05) is 13.1 Å². The highest BCUT2D eigenvalue weighted by Crippen LogP contribution is 2.32. The number of nitrogens with zero attached hydrogens (tertiary/aromatic N) is 1. The van der Waals surface area contributed by atoms with Crippen LogP contribution in [0, 0.1) is 0 Å². The highest BCUT2D eigenvalue weighted by molar-refractivity contribution is 4.89. The second-order valence-electron chi connectivity index (χ2n) is 5.74. The van der Waals surface area contributed by atoms with Crippen LogP contribution in [0.25, 0.3) is 0 Å². The molecule has 18 heavy (non-hydrogen) atoms. The van der Waals surface area contributed by atoms with Crippen molar-refractivity contribution in [2.24, 2.45) is 0 Å².